The minimum Gasteiger partial charge on any atom is -0.492 e. The van der Waals surface area contributed by atoms with Crippen LogP contribution in [0.2, 0.25) is 0 Å². The standard InChI is InChI=1S/C23H41NO/c1-2-3-4-5-6-7-8-9-10-11-12-13-14-15-16-17-21-25-23-19-18-20-24-22-23/h18-20,22H,2-17,21H2,1H3. The Balaban J connectivity index is 1.69. The van der Waals surface area contributed by atoms with Gasteiger partial charge in [-0.2, -0.15) is 0 Å². The molecule has 0 amide bonds. The second kappa shape index (κ2) is 17.8. The molecule has 0 aliphatic heterocycles. The highest BCUT2D eigenvalue weighted by Crippen LogP contribution is 2.14. The fourth-order valence-electron chi connectivity index (χ4n) is 3.27. The lowest BCUT2D eigenvalue weighted by atomic mass is 10.0. The van der Waals surface area contributed by atoms with Crippen LogP contribution in [0.25, 0.3) is 0 Å². The topological polar surface area (TPSA) is 22.1 Å². The molecule has 0 fully saturated rings. The Morgan fingerprint density at radius 1 is 0.680 bits per heavy atom. The molecule has 144 valence electrons. The lowest BCUT2D eigenvalue weighted by Crippen LogP contribution is -1.97. The first kappa shape index (κ1) is 22.0. The highest BCUT2D eigenvalue weighted by Gasteiger charge is 1.95. The van der Waals surface area contributed by atoms with Crippen molar-refractivity contribution in [1.82, 2.24) is 4.98 Å². The van der Waals surface area contributed by atoms with Crippen LogP contribution in [0.15, 0.2) is 24.5 Å². The first-order valence-corrected chi connectivity index (χ1v) is 11.0. The zero-order chi connectivity index (χ0) is 17.8. The van der Waals surface area contributed by atoms with Crippen LogP contribution in [0.1, 0.15) is 110 Å². The number of aromatic nitrogens is 1. The summed E-state index contributed by atoms with van der Waals surface area (Å²) < 4.78 is 5.66. The molecular formula is C23H41NO. The SMILES string of the molecule is CCCCCCCCCCCCCCCCCCOc1cccnc1. The molecule has 0 N–H and O–H groups in total. The van der Waals surface area contributed by atoms with Gasteiger partial charge >= 0.3 is 0 Å². The van der Waals surface area contributed by atoms with Gasteiger partial charge in [0.05, 0.1) is 12.8 Å². The van der Waals surface area contributed by atoms with Gasteiger partial charge in [0.1, 0.15) is 5.75 Å². The fourth-order valence-corrected chi connectivity index (χ4v) is 3.27. The van der Waals surface area contributed by atoms with E-state index in [9.17, 15) is 0 Å². The molecule has 0 saturated carbocycles. The van der Waals surface area contributed by atoms with Crippen LogP contribution in [0.4, 0.5) is 0 Å². The molecule has 0 aliphatic carbocycles. The van der Waals surface area contributed by atoms with Crippen LogP contribution in [-0.4, -0.2) is 11.6 Å². The summed E-state index contributed by atoms with van der Waals surface area (Å²) in [6.45, 7) is 3.11. The highest BCUT2D eigenvalue weighted by atomic mass is 16.5. The van der Waals surface area contributed by atoms with E-state index in [1.807, 2.05) is 12.1 Å². The Bertz CT molecular complexity index is 366. The van der Waals surface area contributed by atoms with Crippen molar-refractivity contribution in [1.29, 1.82) is 0 Å². The molecule has 1 heterocycles. The molecule has 1 aromatic rings. The molecule has 1 aromatic heterocycles. The predicted molar refractivity (Wildman–Crippen MR) is 109 cm³/mol. The van der Waals surface area contributed by atoms with Gasteiger partial charge in [-0.25, -0.2) is 0 Å². The van der Waals surface area contributed by atoms with Crippen LogP contribution in [-0.2, 0) is 0 Å². The van der Waals surface area contributed by atoms with E-state index in [0.717, 1.165) is 18.8 Å². The van der Waals surface area contributed by atoms with Crippen molar-refractivity contribution in [3.05, 3.63) is 24.5 Å². The Hall–Kier alpha value is -1.05. The smallest absolute Gasteiger partial charge is 0.137 e. The zero-order valence-electron chi connectivity index (χ0n) is 16.7. The maximum Gasteiger partial charge on any atom is 0.137 e. The van der Waals surface area contributed by atoms with E-state index in [0.29, 0.717) is 0 Å². The Morgan fingerprint density at radius 2 is 1.16 bits per heavy atom. The largest absolute Gasteiger partial charge is 0.492 e. The fraction of sp³-hybridized carbons (Fsp3) is 0.783. The maximum absolute atomic E-state index is 5.66. The normalized spacial score (nSPS) is 10.9. The number of unbranched alkanes of at least 4 members (excludes halogenated alkanes) is 15. The number of hydrogen-bond acceptors (Lipinski definition) is 2. The molecule has 0 bridgehead atoms. The zero-order valence-corrected chi connectivity index (χ0v) is 16.7. The summed E-state index contributed by atoms with van der Waals surface area (Å²) in [5.74, 6) is 0.892. The summed E-state index contributed by atoms with van der Waals surface area (Å²) in [6, 6.07) is 3.89. The van der Waals surface area contributed by atoms with Gasteiger partial charge in [0, 0.05) is 6.20 Å². The van der Waals surface area contributed by atoms with Gasteiger partial charge in [-0.3, -0.25) is 4.98 Å². The maximum atomic E-state index is 5.66. The number of ether oxygens (including phenoxy) is 1. The van der Waals surface area contributed by atoms with Crippen molar-refractivity contribution in [2.24, 2.45) is 0 Å². The Labute approximate surface area is 156 Å². The van der Waals surface area contributed by atoms with E-state index in [1.54, 1.807) is 12.4 Å². The van der Waals surface area contributed by atoms with E-state index in [1.165, 1.54) is 96.3 Å². The molecule has 0 unspecified atom stereocenters. The first-order chi connectivity index (χ1) is 12.4. The lowest BCUT2D eigenvalue weighted by Gasteiger charge is -2.05. The van der Waals surface area contributed by atoms with Gasteiger partial charge in [-0.05, 0) is 18.6 Å². The van der Waals surface area contributed by atoms with Gasteiger partial charge in [0.15, 0.2) is 0 Å². The minimum absolute atomic E-state index is 0.824. The molecular weight excluding hydrogens is 306 g/mol. The van der Waals surface area contributed by atoms with Crippen molar-refractivity contribution >= 4 is 0 Å². The molecule has 0 aliphatic rings. The van der Waals surface area contributed by atoms with Crippen LogP contribution in [0.3, 0.4) is 0 Å². The molecule has 0 radical (unpaired) electrons. The van der Waals surface area contributed by atoms with Crippen molar-refractivity contribution < 1.29 is 4.74 Å². The van der Waals surface area contributed by atoms with E-state index < -0.39 is 0 Å². The van der Waals surface area contributed by atoms with Crippen LogP contribution in [0, 0.1) is 0 Å². The summed E-state index contributed by atoms with van der Waals surface area (Å²) >= 11 is 0. The second-order valence-corrected chi connectivity index (χ2v) is 7.34. The van der Waals surface area contributed by atoms with Gasteiger partial charge in [-0.15, -0.1) is 0 Å². The van der Waals surface area contributed by atoms with Crippen LogP contribution in [0.5, 0.6) is 5.75 Å². The molecule has 2 heteroatoms. The lowest BCUT2D eigenvalue weighted by molar-refractivity contribution is 0.303. The van der Waals surface area contributed by atoms with Crippen LogP contribution >= 0.6 is 0 Å². The van der Waals surface area contributed by atoms with Gasteiger partial charge < -0.3 is 4.74 Å². The third-order valence-electron chi connectivity index (χ3n) is 4.90. The highest BCUT2D eigenvalue weighted by molar-refractivity contribution is 5.15. The molecule has 0 aromatic carbocycles. The third-order valence-corrected chi connectivity index (χ3v) is 4.90. The summed E-state index contributed by atoms with van der Waals surface area (Å²) in [7, 11) is 0. The molecule has 2 nitrogen and oxygen atoms in total. The average Bonchev–Trinajstić information content (AvgIpc) is 2.65. The summed E-state index contributed by atoms with van der Waals surface area (Å²) in [5, 5.41) is 0. The summed E-state index contributed by atoms with van der Waals surface area (Å²) in [5.41, 5.74) is 0. The van der Waals surface area contributed by atoms with E-state index in [4.69, 9.17) is 4.74 Å². The van der Waals surface area contributed by atoms with E-state index >= 15 is 0 Å². The van der Waals surface area contributed by atoms with Crippen molar-refractivity contribution in [2.75, 3.05) is 6.61 Å². The van der Waals surface area contributed by atoms with Crippen molar-refractivity contribution in [3.63, 3.8) is 0 Å². The monoisotopic (exact) mass is 347 g/mol. The van der Waals surface area contributed by atoms with Gasteiger partial charge in [-0.1, -0.05) is 103 Å². The molecule has 0 spiro atoms. The Kier molecular flexibility index (Phi) is 15.6. The third kappa shape index (κ3) is 15.0. The summed E-state index contributed by atoms with van der Waals surface area (Å²) in [6.07, 6.45) is 26.1. The number of nitrogens with zero attached hydrogens (tertiary/aromatic N) is 1. The number of hydrogen-bond donors (Lipinski definition) is 0. The van der Waals surface area contributed by atoms with Crippen molar-refractivity contribution in [2.45, 2.75) is 110 Å². The molecule has 0 saturated heterocycles. The molecule has 0 atom stereocenters. The van der Waals surface area contributed by atoms with Crippen LogP contribution < -0.4 is 4.74 Å². The second-order valence-electron chi connectivity index (χ2n) is 7.34. The van der Waals surface area contributed by atoms with E-state index in [2.05, 4.69) is 11.9 Å². The molecule has 1 rings (SSSR count). The molecule has 25 heavy (non-hydrogen) atoms. The predicted octanol–water partition coefficient (Wildman–Crippen LogP) is 7.72. The van der Waals surface area contributed by atoms with Gasteiger partial charge in [0.25, 0.3) is 0 Å². The number of rotatable bonds is 18. The number of pyridine rings is 1. The van der Waals surface area contributed by atoms with Gasteiger partial charge in [0.2, 0.25) is 0 Å². The Morgan fingerprint density at radius 3 is 1.60 bits per heavy atom. The van der Waals surface area contributed by atoms with E-state index in [-0.39, 0.29) is 0 Å². The summed E-state index contributed by atoms with van der Waals surface area (Å²) in [4.78, 5) is 4.05. The first-order valence-electron chi connectivity index (χ1n) is 11.0. The van der Waals surface area contributed by atoms with Crippen molar-refractivity contribution in [3.8, 4) is 5.75 Å². The quantitative estimate of drug-likeness (QED) is 0.253. The minimum atomic E-state index is 0.824. The average molecular weight is 348 g/mol.